The van der Waals surface area contributed by atoms with Crippen molar-refractivity contribution in [2.45, 2.75) is 37.1 Å². The van der Waals surface area contributed by atoms with Gasteiger partial charge in [-0.1, -0.05) is 60.7 Å². The summed E-state index contributed by atoms with van der Waals surface area (Å²) in [6.07, 6.45) is 0.586. The lowest BCUT2D eigenvalue weighted by Gasteiger charge is -2.19. The maximum Gasteiger partial charge on any atom is 0.337 e. The van der Waals surface area contributed by atoms with Crippen LogP contribution < -0.4 is 5.32 Å². The first-order valence-corrected chi connectivity index (χ1v) is 11.1. The highest BCUT2D eigenvalue weighted by molar-refractivity contribution is 5.73. The molecule has 0 amide bonds. The van der Waals surface area contributed by atoms with Gasteiger partial charge in [0.2, 0.25) is 0 Å². The van der Waals surface area contributed by atoms with Crippen LogP contribution in [0.4, 0.5) is 4.39 Å². The van der Waals surface area contributed by atoms with Crippen LogP contribution in [0, 0.1) is 5.82 Å². The molecule has 0 bridgehead atoms. The number of aliphatic carboxylic acids is 1. The summed E-state index contributed by atoms with van der Waals surface area (Å²) in [5.41, 5.74) is 5.32. The summed E-state index contributed by atoms with van der Waals surface area (Å²) < 4.78 is 20.1. The molecule has 0 saturated carbocycles. The number of hydrogen-bond acceptors (Lipinski definition) is 4. The predicted molar refractivity (Wildman–Crippen MR) is 124 cm³/mol. The minimum atomic E-state index is -1.41. The van der Waals surface area contributed by atoms with Crippen molar-refractivity contribution < 1.29 is 24.1 Å². The Bertz CT molecular complexity index is 1100. The first-order valence-electron chi connectivity index (χ1n) is 11.1. The van der Waals surface area contributed by atoms with Gasteiger partial charge in [-0.05, 0) is 59.8 Å². The van der Waals surface area contributed by atoms with Gasteiger partial charge in [-0.25, -0.2) is 9.18 Å². The van der Waals surface area contributed by atoms with Crippen molar-refractivity contribution in [1.82, 2.24) is 5.32 Å². The largest absolute Gasteiger partial charge is 0.479 e. The van der Waals surface area contributed by atoms with E-state index >= 15 is 0 Å². The predicted octanol–water partition coefficient (Wildman–Crippen LogP) is 4.37. The Morgan fingerprint density at radius 3 is 2.48 bits per heavy atom. The molecule has 1 aliphatic carbocycles. The van der Waals surface area contributed by atoms with Crippen molar-refractivity contribution >= 4 is 5.97 Å². The zero-order valence-electron chi connectivity index (χ0n) is 18.4. The highest BCUT2D eigenvalue weighted by atomic mass is 19.1. The Hall–Kier alpha value is -3.06. The fraction of sp³-hybridized carbons (Fsp3) is 0.296. The van der Waals surface area contributed by atoms with Crippen LogP contribution in [0.1, 0.15) is 52.4 Å². The van der Waals surface area contributed by atoms with E-state index < -0.39 is 12.1 Å². The molecule has 1 fully saturated rings. The number of halogens is 1. The van der Waals surface area contributed by atoms with Crippen molar-refractivity contribution in [1.29, 1.82) is 0 Å². The number of carbonyl (C=O) groups is 1. The van der Waals surface area contributed by atoms with Crippen LogP contribution in [0.2, 0.25) is 0 Å². The molecule has 2 aliphatic rings. The van der Waals surface area contributed by atoms with Crippen LogP contribution in [0.15, 0.2) is 72.8 Å². The molecule has 5 rings (SSSR count). The molecule has 1 aliphatic heterocycles. The average molecular weight is 450 g/mol. The zero-order valence-corrected chi connectivity index (χ0v) is 18.4. The number of ether oxygens (including phenoxy) is 1. The Kier molecular flexibility index (Phi) is 7.18. The molecule has 4 atom stereocenters. The van der Waals surface area contributed by atoms with E-state index in [1.807, 2.05) is 13.1 Å². The molecule has 3 N–H and O–H groups in total. The summed E-state index contributed by atoms with van der Waals surface area (Å²) in [4.78, 5) is 10.2. The maximum atomic E-state index is 13.8. The lowest BCUT2D eigenvalue weighted by Crippen LogP contribution is -2.23. The van der Waals surface area contributed by atoms with Gasteiger partial charge in [0.1, 0.15) is 5.82 Å². The van der Waals surface area contributed by atoms with Crippen LogP contribution in [0.5, 0.6) is 0 Å². The highest BCUT2D eigenvalue weighted by Gasteiger charge is 2.40. The standard InChI is InChI=1S/C19H20FNO.C8H8O3/c1-21-11-15-10-18-16-5-3-2-4-12(16)8-13-6-7-14(20)9-17(13)19(18)22-15;9-7(8(10)11)6-4-2-1-3-5-6/h2-7,9,15,18-19,21H,8,10-11H2,1H3;1-5,7,9H,(H,10,11). The van der Waals surface area contributed by atoms with E-state index in [9.17, 15) is 9.18 Å². The van der Waals surface area contributed by atoms with E-state index in [4.69, 9.17) is 14.9 Å². The van der Waals surface area contributed by atoms with Gasteiger partial charge in [0.25, 0.3) is 0 Å². The normalized spacial score (nSPS) is 21.5. The molecule has 0 radical (unpaired) electrons. The Labute approximate surface area is 192 Å². The molecular formula is C27H28FNO4. The molecular weight excluding hydrogens is 421 g/mol. The van der Waals surface area contributed by atoms with Crippen LogP contribution >= 0.6 is 0 Å². The van der Waals surface area contributed by atoms with E-state index in [0.717, 1.165) is 24.9 Å². The number of aliphatic hydroxyl groups excluding tert-OH is 1. The molecule has 1 heterocycles. The number of rotatable bonds is 4. The van der Waals surface area contributed by atoms with E-state index in [0.29, 0.717) is 11.5 Å². The second kappa shape index (κ2) is 10.3. The quantitative estimate of drug-likeness (QED) is 0.551. The first kappa shape index (κ1) is 23.1. The third-order valence-corrected chi connectivity index (χ3v) is 6.25. The summed E-state index contributed by atoms with van der Waals surface area (Å²) in [6, 6.07) is 22.0. The van der Waals surface area contributed by atoms with Crippen LogP contribution in [0.3, 0.4) is 0 Å². The third-order valence-electron chi connectivity index (χ3n) is 6.25. The number of benzene rings is 3. The molecule has 172 valence electrons. The molecule has 4 unspecified atom stereocenters. The maximum absolute atomic E-state index is 13.8. The molecule has 1 saturated heterocycles. The molecule has 0 aromatic heterocycles. The Morgan fingerprint density at radius 2 is 1.76 bits per heavy atom. The van der Waals surface area contributed by atoms with Crippen molar-refractivity contribution in [3.8, 4) is 0 Å². The van der Waals surface area contributed by atoms with Gasteiger partial charge >= 0.3 is 5.97 Å². The number of aliphatic hydroxyl groups is 1. The summed E-state index contributed by atoms with van der Waals surface area (Å²) in [5, 5.41) is 20.6. The smallest absolute Gasteiger partial charge is 0.337 e. The van der Waals surface area contributed by atoms with Gasteiger partial charge in [0, 0.05) is 12.5 Å². The molecule has 5 nitrogen and oxygen atoms in total. The number of carboxylic acids is 1. The third kappa shape index (κ3) is 5.14. The molecule has 3 aromatic rings. The van der Waals surface area contributed by atoms with E-state index in [1.54, 1.807) is 42.5 Å². The lowest BCUT2D eigenvalue weighted by atomic mass is 9.87. The Balaban J connectivity index is 0.000000200. The summed E-state index contributed by atoms with van der Waals surface area (Å²) in [7, 11) is 1.94. The zero-order chi connectivity index (χ0) is 23.4. The number of fused-ring (bicyclic) bond motifs is 5. The van der Waals surface area contributed by atoms with E-state index in [-0.39, 0.29) is 18.0 Å². The topological polar surface area (TPSA) is 78.8 Å². The molecule has 3 aromatic carbocycles. The number of likely N-dealkylation sites (N-methyl/N-ethyl adjacent to an activating group) is 1. The van der Waals surface area contributed by atoms with Gasteiger partial charge in [-0.3, -0.25) is 0 Å². The number of carboxylic acid groups (broad SMARTS) is 1. The summed E-state index contributed by atoms with van der Waals surface area (Å²) in [6.45, 7) is 0.833. The van der Waals surface area contributed by atoms with Crippen molar-refractivity contribution in [2.75, 3.05) is 13.6 Å². The second-order valence-corrected chi connectivity index (χ2v) is 8.45. The van der Waals surface area contributed by atoms with Crippen molar-refractivity contribution in [2.24, 2.45) is 0 Å². The van der Waals surface area contributed by atoms with Crippen molar-refractivity contribution in [3.05, 3.63) is 106 Å². The number of nitrogens with one attached hydrogen (secondary N) is 1. The van der Waals surface area contributed by atoms with Gasteiger partial charge < -0.3 is 20.3 Å². The van der Waals surface area contributed by atoms with Gasteiger partial charge in [-0.2, -0.15) is 0 Å². The Morgan fingerprint density at radius 1 is 1.06 bits per heavy atom. The van der Waals surface area contributed by atoms with E-state index in [2.05, 4.69) is 29.6 Å². The minimum absolute atomic E-state index is 0.0345. The molecule has 0 spiro atoms. The van der Waals surface area contributed by atoms with Crippen LogP contribution in [-0.2, 0) is 16.0 Å². The summed E-state index contributed by atoms with van der Waals surface area (Å²) >= 11 is 0. The lowest BCUT2D eigenvalue weighted by molar-refractivity contribution is -0.146. The summed E-state index contributed by atoms with van der Waals surface area (Å²) in [5.74, 6) is -1.09. The van der Waals surface area contributed by atoms with Gasteiger partial charge in [0.05, 0.1) is 12.2 Å². The van der Waals surface area contributed by atoms with E-state index in [1.165, 1.54) is 16.7 Å². The van der Waals surface area contributed by atoms with Crippen LogP contribution in [-0.4, -0.2) is 35.9 Å². The van der Waals surface area contributed by atoms with Gasteiger partial charge in [0.15, 0.2) is 6.10 Å². The minimum Gasteiger partial charge on any atom is -0.479 e. The molecule has 33 heavy (non-hydrogen) atoms. The second-order valence-electron chi connectivity index (χ2n) is 8.45. The monoisotopic (exact) mass is 449 g/mol. The van der Waals surface area contributed by atoms with Gasteiger partial charge in [-0.15, -0.1) is 0 Å². The van der Waals surface area contributed by atoms with Crippen LogP contribution in [0.25, 0.3) is 0 Å². The fourth-order valence-corrected chi connectivity index (χ4v) is 4.74. The highest BCUT2D eigenvalue weighted by Crippen LogP contribution is 2.49. The average Bonchev–Trinajstić information content (AvgIpc) is 3.19. The van der Waals surface area contributed by atoms with Crippen molar-refractivity contribution in [3.63, 3.8) is 0 Å². The SMILES string of the molecule is CNCC1CC2c3ccccc3Cc3ccc(F)cc3C2O1.O=C(O)C(O)c1ccccc1. The molecule has 6 heteroatoms. The number of hydrogen-bond donors (Lipinski definition) is 3. The first-order chi connectivity index (χ1) is 16.0. The fourth-order valence-electron chi connectivity index (χ4n) is 4.74.